The second-order valence-electron chi connectivity index (χ2n) is 7.04. The van der Waals surface area contributed by atoms with Crippen LogP contribution in [0.1, 0.15) is 49.3 Å². The zero-order valence-corrected chi connectivity index (χ0v) is 13.3. The molecule has 2 aliphatic rings. The standard InChI is InChI=1S/C19H23NO2/c1-13-5-2-3-8-20(13)12-16-11-19(21)22-18-10-15-7-4-6-14(15)9-17(16)18/h9-11,13H,2-8,12H2,1H3/p+1/t13-/m1/s1. The fourth-order valence-electron chi connectivity index (χ4n) is 4.20. The molecule has 1 aliphatic carbocycles. The van der Waals surface area contributed by atoms with Crippen molar-refractivity contribution in [2.75, 3.05) is 6.54 Å². The highest BCUT2D eigenvalue weighted by molar-refractivity contribution is 5.82. The summed E-state index contributed by atoms with van der Waals surface area (Å²) in [7, 11) is 0. The lowest BCUT2D eigenvalue weighted by atomic mass is 10.00. The highest BCUT2D eigenvalue weighted by atomic mass is 16.4. The minimum absolute atomic E-state index is 0.204. The van der Waals surface area contributed by atoms with Crippen LogP contribution in [0.3, 0.4) is 0 Å². The lowest BCUT2D eigenvalue weighted by Gasteiger charge is -2.30. The number of quaternary nitrogens is 1. The third kappa shape index (κ3) is 2.48. The summed E-state index contributed by atoms with van der Waals surface area (Å²) in [6.45, 7) is 4.50. The van der Waals surface area contributed by atoms with E-state index in [0.717, 1.165) is 30.4 Å². The Bertz CT molecular complexity index is 762. The zero-order valence-electron chi connectivity index (χ0n) is 13.3. The number of likely N-dealkylation sites (tertiary alicyclic amines) is 1. The summed E-state index contributed by atoms with van der Waals surface area (Å²) >= 11 is 0. The molecule has 2 atom stereocenters. The topological polar surface area (TPSA) is 34.7 Å². The molecule has 0 amide bonds. The fraction of sp³-hybridized carbons (Fsp3) is 0.526. The van der Waals surface area contributed by atoms with E-state index in [1.54, 1.807) is 11.0 Å². The smallest absolute Gasteiger partial charge is 0.336 e. The second-order valence-corrected chi connectivity index (χ2v) is 7.04. The lowest BCUT2D eigenvalue weighted by molar-refractivity contribution is -0.941. The third-order valence-corrected chi connectivity index (χ3v) is 5.54. The molecule has 2 heterocycles. The SMILES string of the molecule is C[C@@H]1CCCC[NH+]1Cc1cc(=O)oc2cc3c(cc12)CCC3. The van der Waals surface area contributed by atoms with Crippen LogP contribution in [0, 0.1) is 0 Å². The number of hydrogen-bond acceptors (Lipinski definition) is 2. The summed E-state index contributed by atoms with van der Waals surface area (Å²) in [5.74, 6) is 0. The van der Waals surface area contributed by atoms with Gasteiger partial charge in [-0.1, -0.05) is 0 Å². The first-order chi connectivity index (χ1) is 10.7. The summed E-state index contributed by atoms with van der Waals surface area (Å²) in [6, 6.07) is 6.80. The summed E-state index contributed by atoms with van der Waals surface area (Å²) in [5.41, 5.74) is 4.57. The fourth-order valence-corrected chi connectivity index (χ4v) is 4.20. The molecule has 0 bridgehead atoms. The van der Waals surface area contributed by atoms with Crippen molar-refractivity contribution in [2.45, 2.75) is 58.0 Å². The largest absolute Gasteiger partial charge is 0.423 e. The van der Waals surface area contributed by atoms with E-state index in [1.165, 1.54) is 48.9 Å². The van der Waals surface area contributed by atoms with Gasteiger partial charge in [-0.25, -0.2) is 4.79 Å². The van der Waals surface area contributed by atoms with Crippen LogP contribution in [0.2, 0.25) is 0 Å². The van der Waals surface area contributed by atoms with Crippen LogP contribution in [0.5, 0.6) is 0 Å². The van der Waals surface area contributed by atoms with E-state index in [4.69, 9.17) is 4.42 Å². The number of rotatable bonds is 2. The van der Waals surface area contributed by atoms with Gasteiger partial charge < -0.3 is 9.32 Å². The first kappa shape index (κ1) is 14.0. The molecule has 1 aromatic heterocycles. The molecule has 1 fully saturated rings. The number of benzene rings is 1. The predicted molar refractivity (Wildman–Crippen MR) is 87.4 cm³/mol. The highest BCUT2D eigenvalue weighted by Crippen LogP contribution is 2.28. The molecule has 3 nitrogen and oxygen atoms in total. The molecule has 116 valence electrons. The van der Waals surface area contributed by atoms with Gasteiger partial charge in [0.2, 0.25) is 0 Å². The van der Waals surface area contributed by atoms with Crippen molar-refractivity contribution in [3.05, 3.63) is 45.3 Å². The first-order valence-electron chi connectivity index (χ1n) is 8.64. The maximum Gasteiger partial charge on any atom is 0.336 e. The van der Waals surface area contributed by atoms with Gasteiger partial charge in [0.15, 0.2) is 0 Å². The number of aryl methyl sites for hydroxylation is 2. The van der Waals surface area contributed by atoms with E-state index in [2.05, 4.69) is 19.1 Å². The molecule has 0 saturated carbocycles. The van der Waals surface area contributed by atoms with Gasteiger partial charge >= 0.3 is 5.63 Å². The lowest BCUT2D eigenvalue weighted by Crippen LogP contribution is -3.14. The van der Waals surface area contributed by atoms with Crippen LogP contribution in [0.25, 0.3) is 11.0 Å². The van der Waals surface area contributed by atoms with Crippen molar-refractivity contribution in [3.8, 4) is 0 Å². The van der Waals surface area contributed by atoms with Gasteiger partial charge in [0.05, 0.1) is 12.6 Å². The van der Waals surface area contributed by atoms with Crippen molar-refractivity contribution >= 4 is 11.0 Å². The van der Waals surface area contributed by atoms with Gasteiger partial charge in [-0.2, -0.15) is 0 Å². The summed E-state index contributed by atoms with van der Waals surface area (Å²) in [4.78, 5) is 13.6. The third-order valence-electron chi connectivity index (χ3n) is 5.54. The van der Waals surface area contributed by atoms with Crippen LogP contribution < -0.4 is 10.5 Å². The van der Waals surface area contributed by atoms with Gasteiger partial charge in [0, 0.05) is 17.0 Å². The summed E-state index contributed by atoms with van der Waals surface area (Å²) in [5, 5.41) is 1.16. The molecular formula is C19H24NO2+. The van der Waals surface area contributed by atoms with E-state index >= 15 is 0 Å². The van der Waals surface area contributed by atoms with E-state index in [0.29, 0.717) is 6.04 Å². The van der Waals surface area contributed by atoms with Crippen molar-refractivity contribution in [1.82, 2.24) is 0 Å². The minimum atomic E-state index is -0.204. The normalized spacial score (nSPS) is 24.6. The second kappa shape index (κ2) is 5.54. The van der Waals surface area contributed by atoms with Gasteiger partial charge in [-0.15, -0.1) is 0 Å². The summed E-state index contributed by atoms with van der Waals surface area (Å²) in [6.07, 6.45) is 7.44. The molecule has 1 unspecified atom stereocenters. The summed E-state index contributed by atoms with van der Waals surface area (Å²) < 4.78 is 5.48. The van der Waals surface area contributed by atoms with Gasteiger partial charge in [-0.05, 0) is 68.7 Å². The monoisotopic (exact) mass is 298 g/mol. The van der Waals surface area contributed by atoms with Crippen LogP contribution in [0.15, 0.2) is 27.4 Å². The van der Waals surface area contributed by atoms with Crippen molar-refractivity contribution in [3.63, 3.8) is 0 Å². The number of hydrogen-bond donors (Lipinski definition) is 1. The van der Waals surface area contributed by atoms with E-state index < -0.39 is 0 Å². The molecule has 3 heteroatoms. The van der Waals surface area contributed by atoms with Crippen LogP contribution >= 0.6 is 0 Å². The number of piperidine rings is 1. The molecule has 0 spiro atoms. The van der Waals surface area contributed by atoms with Crippen molar-refractivity contribution < 1.29 is 9.32 Å². The molecule has 2 aromatic rings. The molecule has 1 N–H and O–H groups in total. The Morgan fingerprint density at radius 2 is 1.95 bits per heavy atom. The maximum atomic E-state index is 12.0. The average Bonchev–Trinajstić information content (AvgIpc) is 2.95. The Morgan fingerprint density at radius 3 is 2.77 bits per heavy atom. The molecule has 0 radical (unpaired) electrons. The zero-order chi connectivity index (χ0) is 15.1. The Kier molecular flexibility index (Phi) is 3.53. The number of nitrogens with one attached hydrogen (secondary N) is 1. The maximum absolute atomic E-state index is 12.0. The molecule has 4 rings (SSSR count). The van der Waals surface area contributed by atoms with Gasteiger partial charge in [0.25, 0.3) is 0 Å². The Morgan fingerprint density at radius 1 is 1.14 bits per heavy atom. The molecular weight excluding hydrogens is 274 g/mol. The van der Waals surface area contributed by atoms with E-state index in [1.807, 2.05) is 0 Å². The Balaban J connectivity index is 1.77. The van der Waals surface area contributed by atoms with Crippen molar-refractivity contribution in [2.24, 2.45) is 0 Å². The Hall–Kier alpha value is -1.61. The first-order valence-corrected chi connectivity index (χ1v) is 8.64. The molecule has 1 aliphatic heterocycles. The molecule has 1 saturated heterocycles. The molecule has 22 heavy (non-hydrogen) atoms. The predicted octanol–water partition coefficient (Wildman–Crippen LogP) is 2.24. The van der Waals surface area contributed by atoms with E-state index in [9.17, 15) is 4.79 Å². The van der Waals surface area contributed by atoms with Gasteiger partial charge in [-0.3, -0.25) is 0 Å². The van der Waals surface area contributed by atoms with Crippen molar-refractivity contribution in [1.29, 1.82) is 0 Å². The van der Waals surface area contributed by atoms with Gasteiger partial charge in [0.1, 0.15) is 12.1 Å². The molecule has 1 aromatic carbocycles. The quantitative estimate of drug-likeness (QED) is 0.863. The van der Waals surface area contributed by atoms with Crippen LogP contribution in [-0.2, 0) is 19.4 Å². The van der Waals surface area contributed by atoms with E-state index in [-0.39, 0.29) is 5.63 Å². The number of fused-ring (bicyclic) bond motifs is 2. The highest BCUT2D eigenvalue weighted by Gasteiger charge is 2.24. The Labute approximate surface area is 130 Å². The van der Waals surface area contributed by atoms with Crippen LogP contribution in [0.4, 0.5) is 0 Å². The van der Waals surface area contributed by atoms with Crippen LogP contribution in [-0.4, -0.2) is 12.6 Å². The minimum Gasteiger partial charge on any atom is -0.423 e. The average molecular weight is 298 g/mol.